The average Bonchev–Trinajstić information content (AvgIpc) is 3.86. The fourth-order valence-electron chi connectivity index (χ4n) is 9.26. The molecule has 2 heterocycles. The highest BCUT2D eigenvalue weighted by atomic mass is 32.1. The largest absolute Gasteiger partial charge is 0.310 e. The van der Waals surface area contributed by atoms with E-state index < -0.39 is 0 Å². The Balaban J connectivity index is 0.975. The van der Waals surface area contributed by atoms with Gasteiger partial charge in [-0.2, -0.15) is 0 Å². The molecule has 12 rings (SSSR count). The van der Waals surface area contributed by atoms with E-state index in [0.717, 1.165) is 17.1 Å². The number of anilines is 3. The SMILES string of the molecule is c1ccc(-n2c3ccccc3c3ccccc32)c(-c2ccc(N(c3ccc(-c4cccc5c4sc4c6ccccc6ccc54)cc3)c3cccc4ccccc34)cc2)c1. The molecule has 276 valence electrons. The molecule has 0 saturated carbocycles. The fraction of sp³-hybridized carbons (Fsp3) is 0. The van der Waals surface area contributed by atoms with Gasteiger partial charge in [-0.15, -0.1) is 11.3 Å². The molecule has 59 heavy (non-hydrogen) atoms. The molecular formula is C56H36N2S. The highest BCUT2D eigenvalue weighted by Crippen LogP contribution is 2.45. The number of rotatable bonds is 6. The van der Waals surface area contributed by atoms with Crippen LogP contribution in [-0.2, 0) is 0 Å². The van der Waals surface area contributed by atoms with Gasteiger partial charge < -0.3 is 9.47 Å². The Kier molecular flexibility index (Phi) is 7.75. The lowest BCUT2D eigenvalue weighted by atomic mass is 10.00. The molecular weight excluding hydrogens is 733 g/mol. The van der Waals surface area contributed by atoms with Crippen LogP contribution >= 0.6 is 11.3 Å². The number of aromatic nitrogens is 1. The van der Waals surface area contributed by atoms with Crippen LogP contribution in [0.15, 0.2) is 218 Å². The summed E-state index contributed by atoms with van der Waals surface area (Å²) < 4.78 is 5.10. The fourth-order valence-corrected chi connectivity index (χ4v) is 10.6. The first kappa shape index (κ1) is 33.7. The lowest BCUT2D eigenvalue weighted by Gasteiger charge is -2.27. The number of hydrogen-bond acceptors (Lipinski definition) is 2. The topological polar surface area (TPSA) is 8.17 Å². The maximum Gasteiger partial charge on any atom is 0.0541 e. The molecule has 0 amide bonds. The van der Waals surface area contributed by atoms with Gasteiger partial charge in [-0.25, -0.2) is 0 Å². The van der Waals surface area contributed by atoms with E-state index in [2.05, 4.69) is 228 Å². The van der Waals surface area contributed by atoms with Gasteiger partial charge in [0.15, 0.2) is 0 Å². The lowest BCUT2D eigenvalue weighted by Crippen LogP contribution is -2.10. The van der Waals surface area contributed by atoms with E-state index in [-0.39, 0.29) is 0 Å². The van der Waals surface area contributed by atoms with Crippen molar-refractivity contribution in [3.05, 3.63) is 218 Å². The summed E-state index contributed by atoms with van der Waals surface area (Å²) in [6.07, 6.45) is 0. The van der Waals surface area contributed by atoms with Gasteiger partial charge in [0, 0.05) is 53.3 Å². The number of fused-ring (bicyclic) bond motifs is 9. The predicted molar refractivity (Wildman–Crippen MR) is 254 cm³/mol. The monoisotopic (exact) mass is 768 g/mol. The summed E-state index contributed by atoms with van der Waals surface area (Å²) in [5.74, 6) is 0. The van der Waals surface area contributed by atoms with Crippen molar-refractivity contribution in [3.8, 4) is 27.9 Å². The highest BCUT2D eigenvalue weighted by molar-refractivity contribution is 7.27. The Morgan fingerprint density at radius 2 is 0.814 bits per heavy atom. The van der Waals surface area contributed by atoms with Crippen molar-refractivity contribution >= 4 is 91.9 Å². The quantitative estimate of drug-likeness (QED) is 0.164. The first-order valence-electron chi connectivity index (χ1n) is 20.2. The Labute approximate surface area is 346 Å². The van der Waals surface area contributed by atoms with Crippen LogP contribution in [0.4, 0.5) is 17.1 Å². The molecule has 0 saturated heterocycles. The molecule has 0 aliphatic heterocycles. The van der Waals surface area contributed by atoms with E-state index in [4.69, 9.17) is 0 Å². The maximum absolute atomic E-state index is 2.42. The molecule has 2 aromatic heterocycles. The predicted octanol–water partition coefficient (Wildman–Crippen LogP) is 16.3. The van der Waals surface area contributed by atoms with Gasteiger partial charge in [-0.3, -0.25) is 0 Å². The minimum absolute atomic E-state index is 1.10. The second-order valence-corrected chi connectivity index (χ2v) is 16.3. The summed E-state index contributed by atoms with van der Waals surface area (Å²) in [6, 6.07) is 79.8. The van der Waals surface area contributed by atoms with Crippen molar-refractivity contribution in [1.29, 1.82) is 0 Å². The van der Waals surface area contributed by atoms with E-state index in [0.29, 0.717) is 0 Å². The summed E-state index contributed by atoms with van der Waals surface area (Å²) in [4.78, 5) is 2.40. The molecule has 0 bridgehead atoms. The number of para-hydroxylation sites is 3. The van der Waals surface area contributed by atoms with Gasteiger partial charge in [0.2, 0.25) is 0 Å². The van der Waals surface area contributed by atoms with Crippen LogP contribution in [0.3, 0.4) is 0 Å². The molecule has 3 heteroatoms. The Bertz CT molecular complexity index is 3500. The minimum atomic E-state index is 1.10. The third kappa shape index (κ3) is 5.40. The van der Waals surface area contributed by atoms with Gasteiger partial charge in [0.1, 0.15) is 0 Å². The molecule has 2 nitrogen and oxygen atoms in total. The van der Waals surface area contributed by atoms with Gasteiger partial charge in [-0.05, 0) is 81.4 Å². The number of hydrogen-bond donors (Lipinski definition) is 0. The standard InChI is InChI=1S/C56H36N2S/c1-3-16-43-37(13-1)15-11-26-51(43)57(42-34-29-40(30-35-42)46-21-12-22-49-50-36-31-38-14-2-4-18-45(38)56(50)59-55(46)49)41-32-27-39(28-33-41)44-17-5-8-23-52(44)58-53-24-9-6-19-47(53)48-20-7-10-25-54(48)58/h1-36H. The van der Waals surface area contributed by atoms with Crippen molar-refractivity contribution < 1.29 is 0 Å². The maximum atomic E-state index is 2.42. The van der Waals surface area contributed by atoms with Crippen molar-refractivity contribution in [2.24, 2.45) is 0 Å². The van der Waals surface area contributed by atoms with E-state index in [1.165, 1.54) is 91.5 Å². The summed E-state index contributed by atoms with van der Waals surface area (Å²) in [5, 5.41) is 10.2. The zero-order valence-electron chi connectivity index (χ0n) is 32.1. The van der Waals surface area contributed by atoms with Crippen LogP contribution in [0.2, 0.25) is 0 Å². The molecule has 0 aliphatic rings. The normalized spacial score (nSPS) is 11.7. The van der Waals surface area contributed by atoms with Gasteiger partial charge in [0.05, 0.1) is 22.4 Å². The number of thiophene rings is 1. The summed E-state index contributed by atoms with van der Waals surface area (Å²) in [5.41, 5.74) is 11.8. The molecule has 0 N–H and O–H groups in total. The Morgan fingerprint density at radius 3 is 1.53 bits per heavy atom. The first-order chi connectivity index (χ1) is 29.3. The van der Waals surface area contributed by atoms with E-state index >= 15 is 0 Å². The van der Waals surface area contributed by atoms with Crippen LogP contribution in [0, 0.1) is 0 Å². The molecule has 0 radical (unpaired) electrons. The van der Waals surface area contributed by atoms with Crippen LogP contribution < -0.4 is 4.90 Å². The molecule has 0 spiro atoms. The van der Waals surface area contributed by atoms with Crippen molar-refractivity contribution in [1.82, 2.24) is 4.57 Å². The second kappa shape index (κ2) is 13.6. The minimum Gasteiger partial charge on any atom is -0.310 e. The van der Waals surface area contributed by atoms with Gasteiger partial charge >= 0.3 is 0 Å². The van der Waals surface area contributed by atoms with Crippen LogP contribution in [-0.4, -0.2) is 4.57 Å². The molecule has 0 fully saturated rings. The molecule has 0 atom stereocenters. The zero-order chi connectivity index (χ0) is 38.9. The van der Waals surface area contributed by atoms with Crippen molar-refractivity contribution in [2.75, 3.05) is 4.90 Å². The van der Waals surface area contributed by atoms with Crippen LogP contribution in [0.25, 0.3) is 91.5 Å². The second-order valence-electron chi connectivity index (χ2n) is 15.3. The smallest absolute Gasteiger partial charge is 0.0541 e. The number of benzene rings is 10. The van der Waals surface area contributed by atoms with E-state index in [1.807, 2.05) is 11.3 Å². The average molecular weight is 769 g/mol. The van der Waals surface area contributed by atoms with Gasteiger partial charge in [-0.1, -0.05) is 170 Å². The number of nitrogens with zero attached hydrogens (tertiary/aromatic N) is 2. The lowest BCUT2D eigenvalue weighted by molar-refractivity contribution is 1.18. The van der Waals surface area contributed by atoms with E-state index in [1.54, 1.807) is 0 Å². The third-order valence-corrected chi connectivity index (χ3v) is 13.3. The van der Waals surface area contributed by atoms with Crippen LogP contribution in [0.1, 0.15) is 0 Å². The Hall–Kier alpha value is -7.46. The Morgan fingerprint density at radius 1 is 0.322 bits per heavy atom. The zero-order valence-corrected chi connectivity index (χ0v) is 32.9. The summed E-state index contributed by atoms with van der Waals surface area (Å²) in [6.45, 7) is 0. The molecule has 12 aromatic rings. The summed E-state index contributed by atoms with van der Waals surface area (Å²) >= 11 is 1.91. The molecule has 0 aliphatic carbocycles. The first-order valence-corrected chi connectivity index (χ1v) is 21.0. The van der Waals surface area contributed by atoms with Crippen molar-refractivity contribution in [2.45, 2.75) is 0 Å². The molecule has 10 aromatic carbocycles. The third-order valence-electron chi connectivity index (χ3n) is 12.0. The van der Waals surface area contributed by atoms with Crippen molar-refractivity contribution in [3.63, 3.8) is 0 Å². The van der Waals surface area contributed by atoms with E-state index in [9.17, 15) is 0 Å². The summed E-state index contributed by atoms with van der Waals surface area (Å²) in [7, 11) is 0. The van der Waals surface area contributed by atoms with Gasteiger partial charge in [0.25, 0.3) is 0 Å². The molecule has 0 unspecified atom stereocenters. The highest BCUT2D eigenvalue weighted by Gasteiger charge is 2.19. The van der Waals surface area contributed by atoms with Crippen LogP contribution in [0.5, 0.6) is 0 Å².